The number of hydrogen-bond acceptors (Lipinski definition) is 4. The maximum Gasteiger partial charge on any atom is 0.237 e. The molecule has 2 aromatic rings. The summed E-state index contributed by atoms with van der Waals surface area (Å²) in [7, 11) is 1.95. The van der Waals surface area contributed by atoms with Crippen LogP contribution >= 0.6 is 0 Å². The Labute approximate surface area is 217 Å². The van der Waals surface area contributed by atoms with Crippen molar-refractivity contribution in [2.75, 3.05) is 13.6 Å². The van der Waals surface area contributed by atoms with Gasteiger partial charge in [0.15, 0.2) is 0 Å². The standard InChI is InChI=1S/C30H46N4O2/c1-22(2)19-26(29(35)33-23(3)13-11-12-18-32-4)28(21-25-16-9-6-10-17-25)34-30(36)27(31)20-24-14-7-5-8-15-24/h5-10,14-17,22-23,26-28,32H,11-13,18-21,31H2,1-4H3,(H,33,35)(H,34,36)/t23-,26?,27?,28+/m0/s1. The minimum absolute atomic E-state index is 0.00248. The molecule has 0 spiro atoms. The molecule has 6 nitrogen and oxygen atoms in total. The van der Waals surface area contributed by atoms with Crippen molar-refractivity contribution in [1.29, 1.82) is 0 Å². The average molecular weight is 495 g/mol. The van der Waals surface area contributed by atoms with Crippen LogP contribution in [0.2, 0.25) is 0 Å². The van der Waals surface area contributed by atoms with E-state index in [0.29, 0.717) is 25.2 Å². The van der Waals surface area contributed by atoms with Crippen molar-refractivity contribution in [3.05, 3.63) is 71.8 Å². The van der Waals surface area contributed by atoms with Crippen molar-refractivity contribution in [1.82, 2.24) is 16.0 Å². The Morgan fingerprint density at radius 1 is 0.806 bits per heavy atom. The van der Waals surface area contributed by atoms with Gasteiger partial charge in [0.2, 0.25) is 11.8 Å². The summed E-state index contributed by atoms with van der Waals surface area (Å²) in [4.78, 5) is 26.8. The van der Waals surface area contributed by atoms with Crippen molar-refractivity contribution in [2.45, 2.75) is 77.4 Å². The summed E-state index contributed by atoms with van der Waals surface area (Å²) in [5.74, 6) is -0.262. The summed E-state index contributed by atoms with van der Waals surface area (Å²) in [6.45, 7) is 7.27. The van der Waals surface area contributed by atoms with E-state index in [0.717, 1.165) is 36.9 Å². The first-order valence-electron chi connectivity index (χ1n) is 13.4. The summed E-state index contributed by atoms with van der Waals surface area (Å²) in [6, 6.07) is 18.9. The summed E-state index contributed by atoms with van der Waals surface area (Å²) < 4.78 is 0. The summed E-state index contributed by atoms with van der Waals surface area (Å²) in [6.07, 6.45) is 4.78. The van der Waals surface area contributed by atoms with Gasteiger partial charge in [-0.15, -0.1) is 0 Å². The topological polar surface area (TPSA) is 96.2 Å². The molecular formula is C30H46N4O2. The van der Waals surface area contributed by atoms with Crippen LogP contribution in [-0.4, -0.2) is 43.5 Å². The smallest absolute Gasteiger partial charge is 0.237 e. The molecule has 0 bridgehead atoms. The van der Waals surface area contributed by atoms with Crippen LogP contribution in [0.1, 0.15) is 57.6 Å². The highest BCUT2D eigenvalue weighted by molar-refractivity contribution is 5.84. The average Bonchev–Trinajstić information content (AvgIpc) is 2.85. The van der Waals surface area contributed by atoms with E-state index in [1.807, 2.05) is 67.7 Å². The molecule has 0 fully saturated rings. The Hall–Kier alpha value is -2.70. The van der Waals surface area contributed by atoms with Crippen LogP contribution in [0.4, 0.5) is 0 Å². The maximum atomic E-state index is 13.5. The zero-order valence-corrected chi connectivity index (χ0v) is 22.5. The monoisotopic (exact) mass is 494 g/mol. The Morgan fingerprint density at radius 3 is 1.94 bits per heavy atom. The van der Waals surface area contributed by atoms with Crippen LogP contribution in [0.5, 0.6) is 0 Å². The summed E-state index contributed by atoms with van der Waals surface area (Å²) in [5, 5.41) is 9.57. The van der Waals surface area contributed by atoms with E-state index >= 15 is 0 Å². The van der Waals surface area contributed by atoms with Gasteiger partial charge in [0, 0.05) is 12.1 Å². The molecule has 0 aromatic heterocycles. The number of hydrogen-bond donors (Lipinski definition) is 4. The first-order valence-corrected chi connectivity index (χ1v) is 13.4. The normalized spacial score (nSPS) is 14.6. The number of benzene rings is 2. The predicted molar refractivity (Wildman–Crippen MR) is 149 cm³/mol. The predicted octanol–water partition coefficient (Wildman–Crippen LogP) is 3.84. The molecule has 2 unspecified atom stereocenters. The van der Waals surface area contributed by atoms with Gasteiger partial charge >= 0.3 is 0 Å². The minimum atomic E-state index is -0.681. The maximum absolute atomic E-state index is 13.5. The molecule has 0 aliphatic rings. The largest absolute Gasteiger partial charge is 0.353 e. The molecule has 5 N–H and O–H groups in total. The first kappa shape index (κ1) is 29.5. The Kier molecular flexibility index (Phi) is 13.2. The Bertz CT molecular complexity index is 888. The molecule has 36 heavy (non-hydrogen) atoms. The third-order valence-corrected chi connectivity index (χ3v) is 6.51. The zero-order valence-electron chi connectivity index (χ0n) is 22.5. The molecule has 198 valence electrons. The van der Waals surface area contributed by atoms with Crippen molar-refractivity contribution in [3.63, 3.8) is 0 Å². The van der Waals surface area contributed by atoms with Crippen molar-refractivity contribution >= 4 is 11.8 Å². The number of carbonyl (C=O) groups excluding carboxylic acids is 2. The van der Waals surface area contributed by atoms with Crippen molar-refractivity contribution in [2.24, 2.45) is 17.6 Å². The van der Waals surface area contributed by atoms with E-state index in [1.165, 1.54) is 0 Å². The molecule has 0 saturated heterocycles. The van der Waals surface area contributed by atoms with Gasteiger partial charge in [0.05, 0.1) is 12.0 Å². The molecule has 0 aliphatic carbocycles. The fourth-order valence-corrected chi connectivity index (χ4v) is 4.55. The SMILES string of the molecule is CNCCCC[C@H](C)NC(=O)C(CC(C)C)[C@@H](Cc1ccccc1)NC(=O)C(N)Cc1ccccc1. The third-order valence-electron chi connectivity index (χ3n) is 6.51. The number of unbranched alkanes of at least 4 members (excludes halogenated alkanes) is 1. The molecular weight excluding hydrogens is 448 g/mol. The highest BCUT2D eigenvalue weighted by atomic mass is 16.2. The highest BCUT2D eigenvalue weighted by Crippen LogP contribution is 2.21. The number of carbonyl (C=O) groups is 2. The van der Waals surface area contributed by atoms with E-state index in [-0.39, 0.29) is 29.8 Å². The lowest BCUT2D eigenvalue weighted by Gasteiger charge is -2.31. The fourth-order valence-electron chi connectivity index (χ4n) is 4.55. The van der Waals surface area contributed by atoms with Gasteiger partial charge in [-0.25, -0.2) is 0 Å². The van der Waals surface area contributed by atoms with E-state index < -0.39 is 6.04 Å². The van der Waals surface area contributed by atoms with Crippen LogP contribution in [-0.2, 0) is 22.4 Å². The van der Waals surface area contributed by atoms with Crippen LogP contribution in [0.3, 0.4) is 0 Å². The minimum Gasteiger partial charge on any atom is -0.353 e. The van der Waals surface area contributed by atoms with E-state index in [9.17, 15) is 9.59 Å². The van der Waals surface area contributed by atoms with Crippen LogP contribution < -0.4 is 21.7 Å². The van der Waals surface area contributed by atoms with Crippen molar-refractivity contribution < 1.29 is 9.59 Å². The molecule has 6 heteroatoms. The second kappa shape index (κ2) is 16.1. The van der Waals surface area contributed by atoms with E-state index in [1.54, 1.807) is 0 Å². The number of amides is 2. The number of rotatable bonds is 16. The van der Waals surface area contributed by atoms with Gasteiger partial charge in [0.25, 0.3) is 0 Å². The van der Waals surface area contributed by atoms with Crippen LogP contribution in [0.15, 0.2) is 60.7 Å². The molecule has 0 radical (unpaired) electrons. The van der Waals surface area contributed by atoms with Crippen molar-refractivity contribution in [3.8, 4) is 0 Å². The second-order valence-electron chi connectivity index (χ2n) is 10.3. The Balaban J connectivity index is 2.17. The zero-order chi connectivity index (χ0) is 26.3. The van der Waals surface area contributed by atoms with Crippen LogP contribution in [0, 0.1) is 11.8 Å². The second-order valence-corrected chi connectivity index (χ2v) is 10.3. The van der Waals surface area contributed by atoms with Gasteiger partial charge in [-0.2, -0.15) is 0 Å². The molecule has 4 atom stereocenters. The molecule has 0 aliphatic heterocycles. The lowest BCUT2D eigenvalue weighted by atomic mass is 9.85. The van der Waals surface area contributed by atoms with Gasteiger partial charge in [0.1, 0.15) is 0 Å². The van der Waals surface area contributed by atoms with Gasteiger partial charge < -0.3 is 21.7 Å². The molecule has 2 amide bonds. The van der Waals surface area contributed by atoms with Gasteiger partial charge in [-0.3, -0.25) is 9.59 Å². The third kappa shape index (κ3) is 10.9. The van der Waals surface area contributed by atoms with Gasteiger partial charge in [-0.05, 0) is 69.7 Å². The Morgan fingerprint density at radius 2 is 1.39 bits per heavy atom. The van der Waals surface area contributed by atoms with Gasteiger partial charge in [-0.1, -0.05) is 80.9 Å². The molecule has 2 rings (SSSR count). The lowest BCUT2D eigenvalue weighted by molar-refractivity contribution is -0.128. The summed E-state index contributed by atoms with van der Waals surface area (Å²) >= 11 is 0. The fraction of sp³-hybridized carbons (Fsp3) is 0.533. The summed E-state index contributed by atoms with van der Waals surface area (Å²) in [5.41, 5.74) is 8.41. The van der Waals surface area contributed by atoms with E-state index in [2.05, 4.69) is 36.7 Å². The van der Waals surface area contributed by atoms with Crippen LogP contribution in [0.25, 0.3) is 0 Å². The van der Waals surface area contributed by atoms with E-state index in [4.69, 9.17) is 5.73 Å². The molecule has 0 saturated carbocycles. The molecule has 2 aromatic carbocycles. The first-order chi connectivity index (χ1) is 17.3. The highest BCUT2D eigenvalue weighted by Gasteiger charge is 2.32. The number of nitrogens with two attached hydrogens (primary N) is 1. The quantitative estimate of drug-likeness (QED) is 0.267. The molecule has 0 heterocycles. The lowest BCUT2D eigenvalue weighted by Crippen LogP contribution is -2.53. The number of nitrogens with one attached hydrogen (secondary N) is 3.